The molecule has 3 fully saturated rings. The molecule has 3 aliphatic heterocycles. The number of sulfonamides is 1. The minimum Gasteiger partial charge on any atom is -0.444 e. The first kappa shape index (κ1) is 29.4. The lowest BCUT2D eigenvalue weighted by atomic mass is 10.1. The maximum absolute atomic E-state index is 14.2. The van der Waals surface area contributed by atoms with Crippen molar-refractivity contribution in [1.29, 1.82) is 0 Å². The number of hydrogen-bond acceptors (Lipinski definition) is 8. The normalized spacial score (nSPS) is 30.0. The predicted molar refractivity (Wildman–Crippen MR) is 149 cm³/mol. The van der Waals surface area contributed by atoms with Crippen molar-refractivity contribution in [3.63, 3.8) is 0 Å². The van der Waals surface area contributed by atoms with Crippen LogP contribution in [-0.2, 0) is 37.4 Å². The van der Waals surface area contributed by atoms with Crippen molar-refractivity contribution in [2.75, 3.05) is 13.1 Å². The maximum Gasteiger partial charge on any atom is 0.410 e. The Morgan fingerprint density at radius 1 is 1.16 bits per heavy atom. The van der Waals surface area contributed by atoms with E-state index in [2.05, 4.69) is 10.0 Å². The number of benzene rings is 1. The van der Waals surface area contributed by atoms with Gasteiger partial charge in [0.15, 0.2) is 0 Å². The maximum atomic E-state index is 14.2. The van der Waals surface area contributed by atoms with Crippen LogP contribution in [0.25, 0.3) is 0 Å². The smallest absolute Gasteiger partial charge is 0.410 e. The third-order valence-corrected chi connectivity index (χ3v) is 10.7. The number of nitrogens with two attached hydrogens (primary N) is 1. The van der Waals surface area contributed by atoms with Gasteiger partial charge in [0, 0.05) is 31.0 Å². The fraction of sp³-hybridized carbons (Fsp3) is 0.571. The zero-order chi connectivity index (χ0) is 30.5. The molecule has 0 spiro atoms. The number of halogens is 1. The van der Waals surface area contributed by atoms with E-state index in [-0.39, 0.29) is 39.0 Å². The molecule has 1 aromatic rings. The fourth-order valence-corrected chi connectivity index (χ4v) is 7.47. The van der Waals surface area contributed by atoms with Crippen molar-refractivity contribution >= 4 is 34.0 Å². The van der Waals surface area contributed by atoms with Gasteiger partial charge in [-0.05, 0) is 50.2 Å². The molecular formula is C28H35FN6O7S. The zero-order valence-corrected chi connectivity index (χ0v) is 24.4. The van der Waals surface area contributed by atoms with Crippen molar-refractivity contribution in [2.24, 2.45) is 11.8 Å². The van der Waals surface area contributed by atoms with E-state index in [1.165, 1.54) is 15.9 Å². The summed E-state index contributed by atoms with van der Waals surface area (Å²) in [4.78, 5) is 56.1. The summed E-state index contributed by atoms with van der Waals surface area (Å²) in [6, 6.07) is 2.86. The Balaban J connectivity index is 1.20. The first-order chi connectivity index (χ1) is 20.5. The highest BCUT2D eigenvalue weighted by molar-refractivity contribution is 7.91. The van der Waals surface area contributed by atoms with Gasteiger partial charge >= 0.3 is 12.1 Å². The van der Waals surface area contributed by atoms with E-state index < -0.39 is 68.6 Å². The summed E-state index contributed by atoms with van der Waals surface area (Å²) in [6.07, 6.45) is 5.16. The van der Waals surface area contributed by atoms with Crippen molar-refractivity contribution in [3.8, 4) is 0 Å². The Morgan fingerprint density at radius 3 is 2.70 bits per heavy atom. The number of carbonyl (C=O) groups is 4. The Morgan fingerprint density at radius 2 is 1.95 bits per heavy atom. The summed E-state index contributed by atoms with van der Waals surface area (Å²) < 4.78 is 47.2. The monoisotopic (exact) mass is 618 g/mol. The molecule has 5 amide bonds. The van der Waals surface area contributed by atoms with E-state index in [9.17, 15) is 32.0 Å². The molecule has 4 N–H and O–H groups in total. The van der Waals surface area contributed by atoms with Gasteiger partial charge in [-0.3, -0.25) is 24.2 Å². The van der Waals surface area contributed by atoms with Crippen LogP contribution in [0, 0.1) is 11.7 Å². The second kappa shape index (κ2) is 11.1. The molecule has 5 aliphatic rings. The third-order valence-electron chi connectivity index (χ3n) is 8.86. The first-order valence-electron chi connectivity index (χ1n) is 14.6. The van der Waals surface area contributed by atoms with Gasteiger partial charge in [-0.25, -0.2) is 28.2 Å². The van der Waals surface area contributed by atoms with Crippen molar-refractivity contribution in [3.05, 3.63) is 47.3 Å². The molecule has 1 aromatic carbocycles. The Kier molecular flexibility index (Phi) is 7.57. The number of carbonyl (C=O) groups excluding carboxylic acids is 4. The van der Waals surface area contributed by atoms with Crippen LogP contribution in [0.4, 0.5) is 14.0 Å². The minimum atomic E-state index is -3.86. The van der Waals surface area contributed by atoms with Crippen LogP contribution in [0.15, 0.2) is 30.4 Å². The summed E-state index contributed by atoms with van der Waals surface area (Å²) in [5.74, 6) is 3.74. The molecule has 2 saturated carbocycles. The number of nitrogens with zero attached hydrogens (tertiary/aromatic N) is 3. The standard InChI is InChI=1S/C28H35FN6O7S/c29-22-8-5-6-17-14-33(16-21(17)22)27(39)42-19-12-23-24(36)31-28(25(37)32-43(40,41)20-9-10-20)13-18(28)7-3-1-2-4-11-35(30)26(38)34(23)15-19/h3,5-8,18-20,23H,1-2,4,9-16,30H2,(H,31,36)(H,32,37)/b7-3-/t18-,19-,23+,28+/m1/s1. The molecule has 43 heavy (non-hydrogen) atoms. The molecular weight excluding hydrogens is 583 g/mol. The lowest BCUT2D eigenvalue weighted by Crippen LogP contribution is -2.58. The number of hydrazine groups is 1. The molecule has 232 valence electrons. The van der Waals surface area contributed by atoms with Gasteiger partial charge in [0.2, 0.25) is 15.9 Å². The lowest BCUT2D eigenvalue weighted by molar-refractivity contribution is -0.131. The minimum absolute atomic E-state index is 0.0347. The van der Waals surface area contributed by atoms with Crippen LogP contribution >= 0.6 is 0 Å². The van der Waals surface area contributed by atoms with Gasteiger partial charge in [0.1, 0.15) is 23.5 Å². The van der Waals surface area contributed by atoms with E-state index in [1.807, 2.05) is 12.2 Å². The summed E-state index contributed by atoms with van der Waals surface area (Å²) in [7, 11) is -3.86. The Labute approximate surface area is 248 Å². The quantitative estimate of drug-likeness (QED) is 0.257. The lowest BCUT2D eigenvalue weighted by Gasteiger charge is -2.29. The number of urea groups is 1. The van der Waals surface area contributed by atoms with Crippen LogP contribution in [-0.4, -0.2) is 83.2 Å². The largest absolute Gasteiger partial charge is 0.444 e. The second-order valence-electron chi connectivity index (χ2n) is 12.0. The van der Waals surface area contributed by atoms with Gasteiger partial charge in [0.05, 0.1) is 18.3 Å². The molecule has 0 bridgehead atoms. The van der Waals surface area contributed by atoms with Crippen LogP contribution in [0.3, 0.4) is 0 Å². The molecule has 13 nitrogen and oxygen atoms in total. The van der Waals surface area contributed by atoms with Gasteiger partial charge in [-0.1, -0.05) is 24.3 Å². The molecule has 1 saturated heterocycles. The van der Waals surface area contributed by atoms with Crippen molar-refractivity contribution in [1.82, 2.24) is 24.8 Å². The molecule has 0 unspecified atom stereocenters. The Bertz CT molecular complexity index is 1480. The van der Waals surface area contributed by atoms with E-state index in [4.69, 9.17) is 10.6 Å². The molecule has 0 radical (unpaired) electrons. The SMILES string of the molecule is NN1CCCC/C=C\[C@@H]2C[C@]2(C(=O)NS(=O)(=O)C2CC2)NC(=O)[C@@H]2C[C@@H](OC(=O)N3Cc4cccc(F)c4C3)CN2C1=O. The topological polar surface area (TPSA) is 171 Å². The second-order valence-corrected chi connectivity index (χ2v) is 14.0. The number of ether oxygens (including phenoxy) is 1. The summed E-state index contributed by atoms with van der Waals surface area (Å²) in [5.41, 5.74) is -0.401. The molecule has 6 rings (SSSR count). The van der Waals surface area contributed by atoms with Crippen LogP contribution in [0.2, 0.25) is 0 Å². The molecule has 0 aromatic heterocycles. The average Bonchev–Trinajstić information content (AvgIpc) is 3.84. The van der Waals surface area contributed by atoms with Crippen LogP contribution in [0.1, 0.15) is 56.1 Å². The molecule has 3 heterocycles. The number of hydrogen-bond donors (Lipinski definition) is 3. The summed E-state index contributed by atoms with van der Waals surface area (Å²) >= 11 is 0. The average molecular weight is 619 g/mol. The summed E-state index contributed by atoms with van der Waals surface area (Å²) in [6.45, 7) is 0.323. The predicted octanol–water partition coefficient (Wildman–Crippen LogP) is 1.24. The number of rotatable bonds is 4. The van der Waals surface area contributed by atoms with E-state index in [0.29, 0.717) is 43.2 Å². The first-order valence-corrected chi connectivity index (χ1v) is 16.1. The van der Waals surface area contributed by atoms with E-state index in [0.717, 1.165) is 5.01 Å². The highest BCUT2D eigenvalue weighted by Gasteiger charge is 2.62. The van der Waals surface area contributed by atoms with E-state index >= 15 is 0 Å². The van der Waals surface area contributed by atoms with Gasteiger partial charge in [-0.15, -0.1) is 0 Å². The van der Waals surface area contributed by atoms with E-state index in [1.54, 1.807) is 12.1 Å². The van der Waals surface area contributed by atoms with Gasteiger partial charge in [-0.2, -0.15) is 0 Å². The zero-order valence-electron chi connectivity index (χ0n) is 23.5. The van der Waals surface area contributed by atoms with Crippen LogP contribution < -0.4 is 15.9 Å². The highest BCUT2D eigenvalue weighted by atomic mass is 32.2. The Hall–Kier alpha value is -3.72. The van der Waals surface area contributed by atoms with Gasteiger partial charge < -0.3 is 15.0 Å². The highest BCUT2D eigenvalue weighted by Crippen LogP contribution is 2.46. The number of nitrogens with one attached hydrogen (secondary N) is 2. The molecule has 4 atom stereocenters. The number of amides is 5. The fourth-order valence-electron chi connectivity index (χ4n) is 6.10. The third kappa shape index (κ3) is 5.79. The van der Waals surface area contributed by atoms with Crippen LogP contribution in [0.5, 0.6) is 0 Å². The van der Waals surface area contributed by atoms with Crippen molar-refractivity contribution < 1.29 is 36.7 Å². The van der Waals surface area contributed by atoms with Crippen molar-refractivity contribution in [2.45, 2.75) is 81.0 Å². The number of fused-ring (bicyclic) bond motifs is 3. The summed E-state index contributed by atoms with van der Waals surface area (Å²) in [5, 5.41) is 3.14. The van der Waals surface area contributed by atoms with Gasteiger partial charge in [0.25, 0.3) is 5.91 Å². The number of allylic oxidation sites excluding steroid dienone is 1. The molecule has 15 heteroatoms. The molecule has 2 aliphatic carbocycles.